The van der Waals surface area contributed by atoms with Crippen molar-refractivity contribution in [2.24, 2.45) is 0 Å². The van der Waals surface area contributed by atoms with Crippen LogP contribution >= 0.6 is 11.8 Å². The monoisotopic (exact) mass is 315 g/mol. The van der Waals surface area contributed by atoms with E-state index in [1.165, 1.54) is 0 Å². The first kappa shape index (κ1) is 16.4. The lowest BCUT2D eigenvalue weighted by Gasteiger charge is -2.19. The van der Waals surface area contributed by atoms with Gasteiger partial charge in [-0.05, 0) is 43.4 Å². The second kappa shape index (κ2) is 7.90. The lowest BCUT2D eigenvalue weighted by Crippen LogP contribution is -2.32. The summed E-state index contributed by atoms with van der Waals surface area (Å²) in [6, 6.07) is 15.5. The van der Waals surface area contributed by atoms with Crippen LogP contribution in [0.3, 0.4) is 0 Å². The molecule has 0 radical (unpaired) electrons. The van der Waals surface area contributed by atoms with E-state index in [1.54, 1.807) is 11.8 Å². The fourth-order valence-corrected chi connectivity index (χ4v) is 2.68. The molecule has 0 bridgehead atoms. The van der Waals surface area contributed by atoms with E-state index in [9.17, 15) is 4.79 Å². The van der Waals surface area contributed by atoms with Gasteiger partial charge in [0.05, 0.1) is 5.69 Å². The molecule has 0 aliphatic carbocycles. The molecule has 0 aliphatic rings. The minimum absolute atomic E-state index is 0.118. The molecule has 0 unspecified atom stereocenters. The minimum Gasteiger partial charge on any atom is -0.480 e. The van der Waals surface area contributed by atoms with Crippen LogP contribution in [-0.4, -0.2) is 18.3 Å². The molecule has 1 atom stereocenters. The molecular formula is C18H21NO2S. The summed E-state index contributed by atoms with van der Waals surface area (Å²) >= 11 is 1.61. The van der Waals surface area contributed by atoms with E-state index in [0.29, 0.717) is 6.42 Å². The number of amides is 1. The summed E-state index contributed by atoms with van der Waals surface area (Å²) in [6.45, 7) is 3.92. The second-order valence-electron chi connectivity index (χ2n) is 4.97. The Labute approximate surface area is 136 Å². The number of hydrogen-bond donors (Lipinski definition) is 1. The predicted molar refractivity (Wildman–Crippen MR) is 92.7 cm³/mol. The van der Waals surface area contributed by atoms with Gasteiger partial charge in [0.15, 0.2) is 6.10 Å². The Morgan fingerprint density at radius 3 is 2.55 bits per heavy atom. The summed E-state index contributed by atoms with van der Waals surface area (Å²) in [5, 5.41) is 2.97. The summed E-state index contributed by atoms with van der Waals surface area (Å²) in [7, 11) is 0. The fraction of sp³-hybridized carbons (Fsp3) is 0.278. The SMILES string of the molecule is CC[C@H](Oc1ccccc1C)C(=O)Nc1ccccc1SC. The maximum Gasteiger partial charge on any atom is 0.265 e. The van der Waals surface area contributed by atoms with Crippen molar-refractivity contribution in [3.05, 3.63) is 54.1 Å². The Morgan fingerprint density at radius 1 is 1.18 bits per heavy atom. The number of ether oxygens (including phenoxy) is 1. The highest BCUT2D eigenvalue weighted by atomic mass is 32.2. The van der Waals surface area contributed by atoms with Crippen LogP contribution in [0.15, 0.2) is 53.4 Å². The van der Waals surface area contributed by atoms with E-state index in [1.807, 2.05) is 68.6 Å². The van der Waals surface area contributed by atoms with Gasteiger partial charge in [0.2, 0.25) is 0 Å². The van der Waals surface area contributed by atoms with E-state index in [2.05, 4.69) is 5.32 Å². The number of para-hydroxylation sites is 2. The zero-order valence-electron chi connectivity index (χ0n) is 13.1. The van der Waals surface area contributed by atoms with Crippen LogP contribution in [0.1, 0.15) is 18.9 Å². The summed E-state index contributed by atoms with van der Waals surface area (Å²) in [4.78, 5) is 13.5. The van der Waals surface area contributed by atoms with Crippen molar-refractivity contribution in [2.45, 2.75) is 31.3 Å². The lowest BCUT2D eigenvalue weighted by molar-refractivity contribution is -0.122. The highest BCUT2D eigenvalue weighted by Crippen LogP contribution is 2.25. The molecule has 3 nitrogen and oxygen atoms in total. The summed E-state index contributed by atoms with van der Waals surface area (Å²) in [5.41, 5.74) is 1.85. The Kier molecular flexibility index (Phi) is 5.90. The highest BCUT2D eigenvalue weighted by Gasteiger charge is 2.20. The molecule has 116 valence electrons. The molecule has 4 heteroatoms. The number of hydrogen-bond acceptors (Lipinski definition) is 3. The van der Waals surface area contributed by atoms with Crippen LogP contribution in [0.25, 0.3) is 0 Å². The average Bonchev–Trinajstić information content (AvgIpc) is 2.54. The van der Waals surface area contributed by atoms with Crippen molar-refractivity contribution >= 4 is 23.4 Å². The molecule has 2 aromatic carbocycles. The second-order valence-corrected chi connectivity index (χ2v) is 5.82. The molecular weight excluding hydrogens is 294 g/mol. The zero-order valence-corrected chi connectivity index (χ0v) is 13.9. The van der Waals surface area contributed by atoms with Crippen molar-refractivity contribution in [3.63, 3.8) is 0 Å². The lowest BCUT2D eigenvalue weighted by atomic mass is 10.2. The summed E-state index contributed by atoms with van der Waals surface area (Å²) < 4.78 is 5.88. The van der Waals surface area contributed by atoms with Crippen LogP contribution in [0.2, 0.25) is 0 Å². The number of aryl methyl sites for hydroxylation is 1. The maximum absolute atomic E-state index is 12.5. The van der Waals surface area contributed by atoms with Crippen molar-refractivity contribution in [3.8, 4) is 5.75 Å². The number of benzene rings is 2. The molecule has 22 heavy (non-hydrogen) atoms. The van der Waals surface area contributed by atoms with Gasteiger partial charge in [0, 0.05) is 4.90 Å². The van der Waals surface area contributed by atoms with Crippen LogP contribution in [-0.2, 0) is 4.79 Å². The molecule has 2 aromatic rings. The van der Waals surface area contributed by atoms with Gasteiger partial charge < -0.3 is 10.1 Å². The first-order valence-corrected chi connectivity index (χ1v) is 8.54. The van der Waals surface area contributed by atoms with Crippen molar-refractivity contribution < 1.29 is 9.53 Å². The third kappa shape index (κ3) is 4.04. The number of rotatable bonds is 6. The van der Waals surface area contributed by atoms with Gasteiger partial charge in [-0.25, -0.2) is 0 Å². The van der Waals surface area contributed by atoms with Crippen molar-refractivity contribution in [1.29, 1.82) is 0 Å². The van der Waals surface area contributed by atoms with Gasteiger partial charge in [-0.15, -0.1) is 11.8 Å². The van der Waals surface area contributed by atoms with Gasteiger partial charge in [0.25, 0.3) is 5.91 Å². The number of thioether (sulfide) groups is 1. The Bertz CT molecular complexity index is 642. The first-order valence-electron chi connectivity index (χ1n) is 7.32. The number of carbonyl (C=O) groups excluding carboxylic acids is 1. The van der Waals surface area contributed by atoms with Gasteiger partial charge in [-0.3, -0.25) is 4.79 Å². The third-order valence-electron chi connectivity index (χ3n) is 3.39. The number of carbonyl (C=O) groups is 1. The van der Waals surface area contributed by atoms with Crippen molar-refractivity contribution in [1.82, 2.24) is 0 Å². The zero-order chi connectivity index (χ0) is 15.9. The van der Waals surface area contributed by atoms with Gasteiger partial charge >= 0.3 is 0 Å². The third-order valence-corrected chi connectivity index (χ3v) is 4.19. The minimum atomic E-state index is -0.504. The van der Waals surface area contributed by atoms with Crippen LogP contribution in [0, 0.1) is 6.92 Å². The van der Waals surface area contributed by atoms with Gasteiger partial charge in [-0.2, -0.15) is 0 Å². The quantitative estimate of drug-likeness (QED) is 0.797. The normalized spacial score (nSPS) is 11.8. The van der Waals surface area contributed by atoms with Crippen molar-refractivity contribution in [2.75, 3.05) is 11.6 Å². The van der Waals surface area contributed by atoms with Crippen LogP contribution in [0.5, 0.6) is 5.75 Å². The molecule has 0 heterocycles. The molecule has 0 saturated heterocycles. The van der Waals surface area contributed by atoms with E-state index >= 15 is 0 Å². The largest absolute Gasteiger partial charge is 0.480 e. The van der Waals surface area contributed by atoms with Gasteiger partial charge in [0.1, 0.15) is 5.75 Å². The number of nitrogens with one attached hydrogen (secondary N) is 1. The highest BCUT2D eigenvalue weighted by molar-refractivity contribution is 7.98. The smallest absolute Gasteiger partial charge is 0.265 e. The summed E-state index contributed by atoms with van der Waals surface area (Å²) in [6.07, 6.45) is 2.10. The average molecular weight is 315 g/mol. The standard InChI is InChI=1S/C18H21NO2S/c1-4-15(21-16-11-7-5-9-13(16)2)18(20)19-14-10-6-8-12-17(14)22-3/h5-12,15H,4H2,1-3H3,(H,19,20)/t15-/m0/s1. The molecule has 0 saturated carbocycles. The molecule has 1 amide bonds. The molecule has 2 rings (SSSR count). The molecule has 0 fully saturated rings. The molecule has 0 aromatic heterocycles. The molecule has 1 N–H and O–H groups in total. The van der Waals surface area contributed by atoms with Crippen LogP contribution in [0.4, 0.5) is 5.69 Å². The topological polar surface area (TPSA) is 38.3 Å². The molecule has 0 aliphatic heterocycles. The predicted octanol–water partition coefficient (Wildman–Crippen LogP) is 4.51. The van der Waals surface area contributed by atoms with E-state index in [0.717, 1.165) is 21.9 Å². The van der Waals surface area contributed by atoms with E-state index in [4.69, 9.17) is 4.74 Å². The van der Waals surface area contributed by atoms with E-state index < -0.39 is 6.10 Å². The van der Waals surface area contributed by atoms with E-state index in [-0.39, 0.29) is 5.91 Å². The van der Waals surface area contributed by atoms with Crippen LogP contribution < -0.4 is 10.1 Å². The molecule has 0 spiro atoms. The Morgan fingerprint density at radius 2 is 1.86 bits per heavy atom. The Hall–Kier alpha value is -1.94. The fourth-order valence-electron chi connectivity index (χ4n) is 2.13. The first-order chi connectivity index (χ1) is 10.7. The summed E-state index contributed by atoms with van der Waals surface area (Å²) in [5.74, 6) is 0.634. The Balaban J connectivity index is 2.11. The maximum atomic E-state index is 12.5. The number of anilines is 1. The van der Waals surface area contributed by atoms with Gasteiger partial charge in [-0.1, -0.05) is 37.3 Å².